The lowest BCUT2D eigenvalue weighted by Gasteiger charge is -2.12. The van der Waals surface area contributed by atoms with Crippen molar-refractivity contribution in [3.05, 3.63) is 77.1 Å². The zero-order valence-corrected chi connectivity index (χ0v) is 15.0. The molecule has 1 aromatic heterocycles. The summed E-state index contributed by atoms with van der Waals surface area (Å²) < 4.78 is 0. The van der Waals surface area contributed by atoms with Crippen molar-refractivity contribution in [1.82, 2.24) is 14.9 Å². The van der Waals surface area contributed by atoms with Gasteiger partial charge in [-0.2, -0.15) is 0 Å². The number of carbonyl (C=O) groups excluding carboxylic acids is 2. The number of benzene rings is 2. The molecule has 0 saturated heterocycles. The van der Waals surface area contributed by atoms with Crippen molar-refractivity contribution >= 4 is 24.2 Å². The molecular weight excluding hydrogens is 350 g/mol. The van der Waals surface area contributed by atoms with Crippen LogP contribution in [-0.2, 0) is 6.42 Å². The highest BCUT2D eigenvalue weighted by Crippen LogP contribution is 2.23. The second kappa shape index (κ2) is 7.14. The molecular formula is C20H18ClN3O2. The molecule has 0 radical (unpaired) electrons. The van der Waals surface area contributed by atoms with Crippen molar-refractivity contribution in [2.45, 2.75) is 13.3 Å². The van der Waals surface area contributed by atoms with Gasteiger partial charge >= 0.3 is 0 Å². The van der Waals surface area contributed by atoms with Gasteiger partial charge in [0.2, 0.25) is 0 Å². The maximum atomic E-state index is 12.4. The monoisotopic (exact) mass is 367 g/mol. The van der Waals surface area contributed by atoms with Crippen molar-refractivity contribution in [3.63, 3.8) is 0 Å². The SMILES string of the molecule is Cc1ccc(-c2ncc(CCN3C(=O)c4ccccc4C3=O)[nH]2)cc1.Cl. The van der Waals surface area contributed by atoms with Crippen molar-refractivity contribution in [2.75, 3.05) is 6.54 Å². The Morgan fingerprint density at radius 3 is 2.19 bits per heavy atom. The first-order chi connectivity index (χ1) is 12.1. The molecule has 6 heteroatoms. The highest BCUT2D eigenvalue weighted by molar-refractivity contribution is 6.21. The summed E-state index contributed by atoms with van der Waals surface area (Å²) in [6, 6.07) is 15.0. The molecule has 0 saturated carbocycles. The minimum Gasteiger partial charge on any atom is -0.342 e. The average Bonchev–Trinajstić information content (AvgIpc) is 3.19. The van der Waals surface area contributed by atoms with Crippen LogP contribution < -0.4 is 0 Å². The zero-order valence-electron chi connectivity index (χ0n) is 14.2. The smallest absolute Gasteiger partial charge is 0.261 e. The van der Waals surface area contributed by atoms with E-state index in [9.17, 15) is 9.59 Å². The molecule has 1 aliphatic rings. The third-order valence-corrected chi connectivity index (χ3v) is 4.44. The van der Waals surface area contributed by atoms with E-state index >= 15 is 0 Å². The van der Waals surface area contributed by atoms with Crippen LogP contribution in [0.3, 0.4) is 0 Å². The van der Waals surface area contributed by atoms with Gasteiger partial charge in [0.05, 0.1) is 11.1 Å². The maximum Gasteiger partial charge on any atom is 0.261 e. The number of nitrogens with one attached hydrogen (secondary N) is 1. The lowest BCUT2D eigenvalue weighted by atomic mass is 10.1. The van der Waals surface area contributed by atoms with Crippen LogP contribution in [0.4, 0.5) is 0 Å². The Balaban J connectivity index is 0.00000196. The Bertz CT molecular complexity index is 928. The highest BCUT2D eigenvalue weighted by Gasteiger charge is 2.34. The summed E-state index contributed by atoms with van der Waals surface area (Å²) in [6.07, 6.45) is 2.30. The number of H-pyrrole nitrogens is 1. The predicted octanol–water partition coefficient (Wildman–Crippen LogP) is 3.65. The summed E-state index contributed by atoms with van der Waals surface area (Å²) in [5.41, 5.74) is 4.07. The minimum absolute atomic E-state index is 0. The molecule has 2 amide bonds. The van der Waals surface area contributed by atoms with Gasteiger partial charge in [0.1, 0.15) is 5.82 Å². The molecule has 0 fully saturated rings. The first kappa shape index (κ1) is 17.9. The van der Waals surface area contributed by atoms with Gasteiger partial charge in [-0.15, -0.1) is 12.4 Å². The van der Waals surface area contributed by atoms with Crippen LogP contribution in [0.5, 0.6) is 0 Å². The van der Waals surface area contributed by atoms with Crippen molar-refractivity contribution in [3.8, 4) is 11.4 Å². The van der Waals surface area contributed by atoms with Crippen LogP contribution >= 0.6 is 12.4 Å². The number of aromatic amines is 1. The average molecular weight is 368 g/mol. The van der Waals surface area contributed by atoms with Gasteiger partial charge in [0.25, 0.3) is 11.8 Å². The van der Waals surface area contributed by atoms with E-state index in [-0.39, 0.29) is 24.2 Å². The van der Waals surface area contributed by atoms with E-state index in [0.717, 1.165) is 17.1 Å². The van der Waals surface area contributed by atoms with Crippen LogP contribution in [0, 0.1) is 6.92 Å². The number of hydrogen-bond acceptors (Lipinski definition) is 3. The van der Waals surface area contributed by atoms with E-state index in [1.165, 1.54) is 10.5 Å². The Morgan fingerprint density at radius 1 is 0.962 bits per heavy atom. The molecule has 3 aromatic rings. The Morgan fingerprint density at radius 2 is 1.58 bits per heavy atom. The third-order valence-electron chi connectivity index (χ3n) is 4.44. The number of carbonyl (C=O) groups is 2. The molecule has 0 spiro atoms. The van der Waals surface area contributed by atoms with Crippen LogP contribution in [0.2, 0.25) is 0 Å². The van der Waals surface area contributed by atoms with Gasteiger partial charge in [-0.3, -0.25) is 14.5 Å². The fourth-order valence-corrected chi connectivity index (χ4v) is 3.02. The van der Waals surface area contributed by atoms with Gasteiger partial charge in [0.15, 0.2) is 0 Å². The van der Waals surface area contributed by atoms with Gasteiger partial charge in [-0.05, 0) is 19.1 Å². The van der Waals surface area contributed by atoms with E-state index in [1.807, 2.05) is 31.2 Å². The number of nitrogens with zero attached hydrogens (tertiary/aromatic N) is 2. The number of imidazole rings is 1. The van der Waals surface area contributed by atoms with E-state index in [0.29, 0.717) is 24.1 Å². The van der Waals surface area contributed by atoms with Crippen LogP contribution in [0.1, 0.15) is 32.0 Å². The van der Waals surface area contributed by atoms with E-state index in [1.54, 1.807) is 30.5 Å². The van der Waals surface area contributed by atoms with Gasteiger partial charge < -0.3 is 4.98 Å². The van der Waals surface area contributed by atoms with Crippen molar-refractivity contribution < 1.29 is 9.59 Å². The molecule has 4 rings (SSSR count). The van der Waals surface area contributed by atoms with Gasteiger partial charge in [0, 0.05) is 30.4 Å². The Labute approximate surface area is 157 Å². The maximum absolute atomic E-state index is 12.4. The fourth-order valence-electron chi connectivity index (χ4n) is 3.02. The summed E-state index contributed by atoms with van der Waals surface area (Å²) in [5.74, 6) is 0.343. The molecule has 0 atom stereocenters. The third kappa shape index (κ3) is 3.13. The van der Waals surface area contributed by atoms with Gasteiger partial charge in [-0.1, -0.05) is 42.0 Å². The van der Waals surface area contributed by atoms with Crippen molar-refractivity contribution in [2.24, 2.45) is 0 Å². The molecule has 0 unspecified atom stereocenters. The summed E-state index contributed by atoms with van der Waals surface area (Å²) in [6.45, 7) is 2.38. The molecule has 26 heavy (non-hydrogen) atoms. The highest BCUT2D eigenvalue weighted by atomic mass is 35.5. The summed E-state index contributed by atoms with van der Waals surface area (Å²) in [5, 5.41) is 0. The standard InChI is InChI=1S/C20H17N3O2.ClH/c1-13-6-8-14(9-7-13)18-21-12-15(22-18)10-11-23-19(24)16-4-2-3-5-17(16)20(23)25;/h2-9,12H,10-11H2,1H3,(H,21,22);1H. The van der Waals surface area contributed by atoms with Gasteiger partial charge in [-0.25, -0.2) is 4.98 Å². The molecule has 2 aromatic carbocycles. The molecule has 0 bridgehead atoms. The molecule has 1 N–H and O–H groups in total. The number of amides is 2. The topological polar surface area (TPSA) is 66.1 Å². The summed E-state index contributed by atoms with van der Waals surface area (Å²) in [4.78, 5) is 33.7. The van der Waals surface area contributed by atoms with E-state index in [4.69, 9.17) is 0 Å². The predicted molar refractivity (Wildman–Crippen MR) is 102 cm³/mol. The Kier molecular flexibility index (Phi) is 4.91. The molecule has 0 aliphatic carbocycles. The molecule has 5 nitrogen and oxygen atoms in total. The number of fused-ring (bicyclic) bond motifs is 1. The summed E-state index contributed by atoms with van der Waals surface area (Å²) in [7, 11) is 0. The number of aryl methyl sites for hydroxylation is 1. The van der Waals surface area contributed by atoms with E-state index in [2.05, 4.69) is 9.97 Å². The first-order valence-corrected chi connectivity index (χ1v) is 8.19. The zero-order chi connectivity index (χ0) is 17.4. The fraction of sp³-hybridized carbons (Fsp3) is 0.150. The molecule has 1 aliphatic heterocycles. The number of aromatic nitrogens is 2. The van der Waals surface area contributed by atoms with Crippen LogP contribution in [0.25, 0.3) is 11.4 Å². The first-order valence-electron chi connectivity index (χ1n) is 8.19. The number of halogens is 1. The van der Waals surface area contributed by atoms with E-state index < -0.39 is 0 Å². The van der Waals surface area contributed by atoms with Crippen molar-refractivity contribution in [1.29, 1.82) is 0 Å². The number of rotatable bonds is 4. The summed E-state index contributed by atoms with van der Waals surface area (Å²) >= 11 is 0. The van der Waals surface area contributed by atoms with Crippen LogP contribution in [0.15, 0.2) is 54.7 Å². The second-order valence-electron chi connectivity index (χ2n) is 6.18. The Hall–Kier alpha value is -2.92. The minimum atomic E-state index is -0.223. The number of imide groups is 1. The lowest BCUT2D eigenvalue weighted by molar-refractivity contribution is 0.0656. The quantitative estimate of drug-likeness (QED) is 0.716. The normalized spacial score (nSPS) is 12.9. The second-order valence-corrected chi connectivity index (χ2v) is 6.18. The molecule has 132 valence electrons. The molecule has 2 heterocycles. The lowest BCUT2D eigenvalue weighted by Crippen LogP contribution is -2.31. The van der Waals surface area contributed by atoms with Crippen LogP contribution in [-0.4, -0.2) is 33.2 Å². The number of hydrogen-bond donors (Lipinski definition) is 1. The largest absolute Gasteiger partial charge is 0.342 e.